The maximum absolute atomic E-state index is 12.3. The summed E-state index contributed by atoms with van der Waals surface area (Å²) in [6.45, 7) is 1.99. The standard InChI is InChI=1S/C16H13NO2/c1-10-2-4-11(5-3-10)16(19)12-6-7-14-13(8-12)9-15(18)17-14/h2-8H,9H2,1H3,(H,17,18). The summed E-state index contributed by atoms with van der Waals surface area (Å²) < 4.78 is 0. The Hall–Kier alpha value is -2.42. The van der Waals surface area contributed by atoms with Crippen molar-refractivity contribution in [2.24, 2.45) is 0 Å². The van der Waals surface area contributed by atoms with Crippen molar-refractivity contribution in [3.05, 3.63) is 64.7 Å². The zero-order valence-electron chi connectivity index (χ0n) is 10.6. The zero-order chi connectivity index (χ0) is 13.4. The van der Waals surface area contributed by atoms with Crippen molar-refractivity contribution in [3.63, 3.8) is 0 Å². The van der Waals surface area contributed by atoms with Gasteiger partial charge in [0.2, 0.25) is 5.91 Å². The van der Waals surface area contributed by atoms with E-state index >= 15 is 0 Å². The molecule has 3 heteroatoms. The minimum absolute atomic E-state index is 0.0119. The minimum atomic E-state index is -0.0186. The molecule has 19 heavy (non-hydrogen) atoms. The van der Waals surface area contributed by atoms with Crippen LogP contribution >= 0.6 is 0 Å². The van der Waals surface area contributed by atoms with E-state index < -0.39 is 0 Å². The smallest absolute Gasteiger partial charge is 0.228 e. The number of ketones is 1. The number of aryl methyl sites for hydroxylation is 1. The van der Waals surface area contributed by atoms with Gasteiger partial charge in [-0.2, -0.15) is 0 Å². The van der Waals surface area contributed by atoms with Crippen LogP contribution in [-0.2, 0) is 11.2 Å². The molecule has 1 N–H and O–H groups in total. The van der Waals surface area contributed by atoms with Crippen LogP contribution < -0.4 is 5.32 Å². The Labute approximate surface area is 111 Å². The Morgan fingerprint density at radius 2 is 1.74 bits per heavy atom. The van der Waals surface area contributed by atoms with Crippen molar-refractivity contribution in [2.75, 3.05) is 5.32 Å². The third kappa shape index (κ3) is 2.15. The number of carbonyl (C=O) groups is 2. The number of fused-ring (bicyclic) bond motifs is 1. The van der Waals surface area contributed by atoms with Crippen LogP contribution in [0.2, 0.25) is 0 Å². The van der Waals surface area contributed by atoms with Crippen LogP contribution in [0.3, 0.4) is 0 Å². The van der Waals surface area contributed by atoms with Gasteiger partial charge in [-0.3, -0.25) is 9.59 Å². The van der Waals surface area contributed by atoms with E-state index in [1.54, 1.807) is 18.2 Å². The van der Waals surface area contributed by atoms with Gasteiger partial charge in [0.25, 0.3) is 0 Å². The SMILES string of the molecule is Cc1ccc(C(=O)c2ccc3c(c2)CC(=O)N3)cc1. The summed E-state index contributed by atoms with van der Waals surface area (Å²) in [5, 5.41) is 2.76. The van der Waals surface area contributed by atoms with E-state index in [0.717, 1.165) is 16.8 Å². The van der Waals surface area contributed by atoms with Crippen LogP contribution in [0.25, 0.3) is 0 Å². The van der Waals surface area contributed by atoms with Gasteiger partial charge in [-0.05, 0) is 30.7 Å². The molecule has 1 amide bonds. The summed E-state index contributed by atoms with van der Waals surface area (Å²) in [5.41, 5.74) is 4.12. The third-order valence-corrected chi connectivity index (χ3v) is 3.31. The molecule has 0 atom stereocenters. The molecule has 2 aromatic rings. The molecule has 0 saturated carbocycles. The van der Waals surface area contributed by atoms with Crippen LogP contribution in [0.1, 0.15) is 27.0 Å². The van der Waals surface area contributed by atoms with Gasteiger partial charge in [0.15, 0.2) is 5.78 Å². The van der Waals surface area contributed by atoms with E-state index in [1.165, 1.54) is 0 Å². The van der Waals surface area contributed by atoms with E-state index in [-0.39, 0.29) is 11.7 Å². The maximum atomic E-state index is 12.3. The molecule has 0 fully saturated rings. The molecular weight excluding hydrogens is 238 g/mol. The second-order valence-electron chi connectivity index (χ2n) is 4.79. The van der Waals surface area contributed by atoms with Crippen LogP contribution in [0.15, 0.2) is 42.5 Å². The van der Waals surface area contributed by atoms with Gasteiger partial charge < -0.3 is 5.32 Å². The molecule has 0 spiro atoms. The number of hydrogen-bond donors (Lipinski definition) is 1. The molecule has 0 saturated heterocycles. The summed E-state index contributed by atoms with van der Waals surface area (Å²) in [6, 6.07) is 12.9. The first kappa shape index (κ1) is 11.7. The Morgan fingerprint density at radius 1 is 1.05 bits per heavy atom. The quantitative estimate of drug-likeness (QED) is 0.834. The number of nitrogens with one attached hydrogen (secondary N) is 1. The largest absolute Gasteiger partial charge is 0.326 e. The fourth-order valence-electron chi connectivity index (χ4n) is 2.24. The van der Waals surface area contributed by atoms with Crippen molar-refractivity contribution in [1.29, 1.82) is 0 Å². The van der Waals surface area contributed by atoms with Crippen molar-refractivity contribution in [3.8, 4) is 0 Å². The molecule has 0 radical (unpaired) electrons. The van der Waals surface area contributed by atoms with Crippen LogP contribution in [0, 0.1) is 6.92 Å². The van der Waals surface area contributed by atoms with Crippen LogP contribution in [0.4, 0.5) is 5.69 Å². The molecule has 1 heterocycles. The lowest BCUT2D eigenvalue weighted by molar-refractivity contribution is -0.115. The van der Waals surface area contributed by atoms with Crippen molar-refractivity contribution >= 4 is 17.4 Å². The minimum Gasteiger partial charge on any atom is -0.326 e. The second-order valence-corrected chi connectivity index (χ2v) is 4.79. The first-order valence-corrected chi connectivity index (χ1v) is 6.17. The first-order chi connectivity index (χ1) is 9.13. The topological polar surface area (TPSA) is 46.2 Å². The third-order valence-electron chi connectivity index (χ3n) is 3.31. The van der Waals surface area contributed by atoms with Crippen LogP contribution in [-0.4, -0.2) is 11.7 Å². The van der Waals surface area contributed by atoms with Gasteiger partial charge in [0, 0.05) is 16.8 Å². The molecule has 0 aliphatic carbocycles. The van der Waals surface area contributed by atoms with E-state index in [2.05, 4.69) is 5.32 Å². The summed E-state index contributed by atoms with van der Waals surface area (Å²) in [4.78, 5) is 23.6. The molecule has 3 rings (SSSR count). The predicted molar refractivity (Wildman–Crippen MR) is 73.4 cm³/mol. The number of benzene rings is 2. The average Bonchev–Trinajstić information content (AvgIpc) is 2.77. The Bertz CT molecular complexity index is 672. The van der Waals surface area contributed by atoms with E-state index in [1.807, 2.05) is 31.2 Å². The van der Waals surface area contributed by atoms with Gasteiger partial charge in [0.05, 0.1) is 6.42 Å². The molecule has 0 bridgehead atoms. The normalized spacial score (nSPS) is 13.0. The molecule has 1 aliphatic rings. The van der Waals surface area contributed by atoms with E-state index in [4.69, 9.17) is 0 Å². The molecule has 0 aromatic heterocycles. The maximum Gasteiger partial charge on any atom is 0.228 e. The number of amides is 1. The summed E-state index contributed by atoms with van der Waals surface area (Å²) in [7, 11) is 0. The highest BCUT2D eigenvalue weighted by molar-refractivity contribution is 6.10. The first-order valence-electron chi connectivity index (χ1n) is 6.17. The molecular formula is C16H13NO2. The van der Waals surface area contributed by atoms with Gasteiger partial charge in [-0.25, -0.2) is 0 Å². The van der Waals surface area contributed by atoms with Gasteiger partial charge in [0.1, 0.15) is 0 Å². The Kier molecular flexibility index (Phi) is 2.67. The molecule has 3 nitrogen and oxygen atoms in total. The lowest BCUT2D eigenvalue weighted by atomic mass is 9.99. The van der Waals surface area contributed by atoms with Gasteiger partial charge in [-0.1, -0.05) is 29.8 Å². The van der Waals surface area contributed by atoms with Gasteiger partial charge >= 0.3 is 0 Å². The Morgan fingerprint density at radius 3 is 2.47 bits per heavy atom. The molecule has 2 aromatic carbocycles. The number of hydrogen-bond acceptors (Lipinski definition) is 2. The fourth-order valence-corrected chi connectivity index (χ4v) is 2.24. The lowest BCUT2D eigenvalue weighted by Gasteiger charge is -2.04. The fraction of sp³-hybridized carbons (Fsp3) is 0.125. The van der Waals surface area contributed by atoms with E-state index in [0.29, 0.717) is 17.5 Å². The Balaban J connectivity index is 1.95. The lowest BCUT2D eigenvalue weighted by Crippen LogP contribution is -2.03. The molecule has 94 valence electrons. The number of rotatable bonds is 2. The number of anilines is 1. The summed E-state index contributed by atoms with van der Waals surface area (Å²) >= 11 is 0. The highest BCUT2D eigenvalue weighted by Crippen LogP contribution is 2.25. The zero-order valence-corrected chi connectivity index (χ0v) is 10.6. The van der Waals surface area contributed by atoms with Crippen molar-refractivity contribution < 1.29 is 9.59 Å². The predicted octanol–water partition coefficient (Wildman–Crippen LogP) is 2.72. The highest BCUT2D eigenvalue weighted by atomic mass is 16.1. The summed E-state index contributed by atoms with van der Waals surface area (Å²) in [5.74, 6) is -0.0305. The molecule has 1 aliphatic heterocycles. The van der Waals surface area contributed by atoms with Crippen LogP contribution in [0.5, 0.6) is 0 Å². The highest BCUT2D eigenvalue weighted by Gasteiger charge is 2.19. The van der Waals surface area contributed by atoms with Crippen molar-refractivity contribution in [1.82, 2.24) is 0 Å². The summed E-state index contributed by atoms with van der Waals surface area (Å²) in [6.07, 6.45) is 0.352. The van der Waals surface area contributed by atoms with E-state index in [9.17, 15) is 9.59 Å². The van der Waals surface area contributed by atoms with Gasteiger partial charge in [-0.15, -0.1) is 0 Å². The average molecular weight is 251 g/mol. The monoisotopic (exact) mass is 251 g/mol. The molecule has 0 unspecified atom stereocenters. The van der Waals surface area contributed by atoms with Crippen molar-refractivity contribution in [2.45, 2.75) is 13.3 Å². The second kappa shape index (κ2) is 4.35. The number of carbonyl (C=O) groups excluding carboxylic acids is 2.